The summed E-state index contributed by atoms with van der Waals surface area (Å²) in [5.41, 5.74) is 5.20. The van der Waals surface area contributed by atoms with E-state index < -0.39 is 0 Å². The van der Waals surface area contributed by atoms with Crippen molar-refractivity contribution in [3.05, 3.63) is 59.9 Å². The van der Waals surface area contributed by atoms with Crippen LogP contribution >= 0.6 is 0 Å². The lowest BCUT2D eigenvalue weighted by atomic mass is 9.69. The van der Waals surface area contributed by atoms with Crippen LogP contribution in [0.5, 0.6) is 0 Å². The molecule has 1 saturated carbocycles. The summed E-state index contributed by atoms with van der Waals surface area (Å²) in [4.78, 5) is 22.0. The zero-order valence-corrected chi connectivity index (χ0v) is 15.7. The molecule has 2 aliphatic carbocycles. The molecule has 4 rings (SSSR count). The number of hydrogen-bond donors (Lipinski definition) is 0. The molecule has 0 spiro atoms. The maximum atomic E-state index is 13.0. The molecule has 0 bridgehead atoms. The van der Waals surface area contributed by atoms with Crippen LogP contribution in [0.15, 0.2) is 64.9 Å². The van der Waals surface area contributed by atoms with E-state index in [9.17, 15) is 4.79 Å². The quantitative estimate of drug-likeness (QED) is 0.715. The average Bonchev–Trinajstić information content (AvgIpc) is 3.08. The van der Waals surface area contributed by atoms with Crippen molar-refractivity contribution in [1.82, 2.24) is 9.80 Å². The van der Waals surface area contributed by atoms with Crippen molar-refractivity contribution in [2.24, 2.45) is 16.8 Å². The number of nitrogens with zero attached hydrogens (tertiary/aromatic N) is 3. The van der Waals surface area contributed by atoms with Gasteiger partial charge in [0, 0.05) is 44.3 Å². The smallest absolute Gasteiger partial charge is 0.230 e. The predicted molar refractivity (Wildman–Crippen MR) is 106 cm³/mol. The molecule has 4 aliphatic rings. The predicted octanol–water partition coefficient (Wildman–Crippen LogP) is 3.12. The number of carbonyl (C=O) groups excluding carboxylic acids is 1. The van der Waals surface area contributed by atoms with Crippen molar-refractivity contribution in [2.45, 2.75) is 26.3 Å². The fraction of sp³-hybridized carbons (Fsp3) is 0.455. The Morgan fingerprint density at radius 2 is 2.19 bits per heavy atom. The normalized spacial score (nSPS) is 29.1. The minimum atomic E-state index is -0.0831. The Balaban J connectivity index is 1.74. The largest absolute Gasteiger partial charge is 0.343 e. The van der Waals surface area contributed by atoms with Gasteiger partial charge in [-0.3, -0.25) is 14.7 Å². The summed E-state index contributed by atoms with van der Waals surface area (Å²) >= 11 is 0. The van der Waals surface area contributed by atoms with Crippen LogP contribution in [0.25, 0.3) is 0 Å². The molecule has 3 atom stereocenters. The first-order valence-electron chi connectivity index (χ1n) is 9.68. The number of carbonyl (C=O) groups is 1. The van der Waals surface area contributed by atoms with Gasteiger partial charge in [-0.1, -0.05) is 24.3 Å². The number of rotatable bonds is 5. The van der Waals surface area contributed by atoms with Crippen LogP contribution in [0.3, 0.4) is 0 Å². The van der Waals surface area contributed by atoms with E-state index in [0.29, 0.717) is 12.0 Å². The topological polar surface area (TPSA) is 35.9 Å². The second kappa shape index (κ2) is 6.84. The van der Waals surface area contributed by atoms with Crippen LogP contribution < -0.4 is 0 Å². The lowest BCUT2D eigenvalue weighted by molar-refractivity contribution is -0.134. The Hall–Kier alpha value is -2.20. The molecule has 2 aliphatic heterocycles. The van der Waals surface area contributed by atoms with Gasteiger partial charge in [0.25, 0.3) is 0 Å². The molecule has 4 heteroatoms. The van der Waals surface area contributed by atoms with Crippen LogP contribution in [0.2, 0.25) is 0 Å². The fourth-order valence-corrected chi connectivity index (χ4v) is 4.77. The Morgan fingerprint density at radius 3 is 2.92 bits per heavy atom. The average molecular weight is 349 g/mol. The van der Waals surface area contributed by atoms with Gasteiger partial charge in [-0.15, -0.1) is 6.58 Å². The highest BCUT2D eigenvalue weighted by Gasteiger charge is 2.43. The van der Waals surface area contributed by atoms with Crippen LogP contribution in [-0.2, 0) is 4.79 Å². The molecular formula is C22H27N3O. The maximum Gasteiger partial charge on any atom is 0.230 e. The van der Waals surface area contributed by atoms with Crippen molar-refractivity contribution in [1.29, 1.82) is 0 Å². The van der Waals surface area contributed by atoms with Gasteiger partial charge in [0.1, 0.15) is 0 Å². The zero-order chi connectivity index (χ0) is 18.3. The molecule has 26 heavy (non-hydrogen) atoms. The number of aliphatic imine (C=N–C) groups is 1. The van der Waals surface area contributed by atoms with Crippen molar-refractivity contribution >= 4 is 11.6 Å². The highest BCUT2D eigenvalue weighted by molar-refractivity contribution is 6.05. The van der Waals surface area contributed by atoms with Gasteiger partial charge in [-0.05, 0) is 43.1 Å². The molecule has 0 saturated heterocycles. The minimum Gasteiger partial charge on any atom is -0.343 e. The monoisotopic (exact) mass is 349 g/mol. The first-order valence-corrected chi connectivity index (χ1v) is 9.68. The summed E-state index contributed by atoms with van der Waals surface area (Å²) in [6.07, 6.45) is 13.7. The first-order chi connectivity index (χ1) is 12.7. The molecule has 4 nitrogen and oxygen atoms in total. The van der Waals surface area contributed by atoms with E-state index in [1.165, 1.54) is 16.7 Å². The van der Waals surface area contributed by atoms with E-state index >= 15 is 0 Å². The third-order valence-corrected chi connectivity index (χ3v) is 6.03. The van der Waals surface area contributed by atoms with E-state index in [0.717, 1.165) is 38.3 Å². The Kier molecular flexibility index (Phi) is 4.53. The number of hydrogen-bond acceptors (Lipinski definition) is 3. The Morgan fingerprint density at radius 1 is 1.38 bits per heavy atom. The molecular weight excluding hydrogens is 322 g/mol. The van der Waals surface area contributed by atoms with Gasteiger partial charge >= 0.3 is 0 Å². The lowest BCUT2D eigenvalue weighted by Crippen LogP contribution is -2.50. The second-order valence-corrected chi connectivity index (χ2v) is 7.37. The minimum absolute atomic E-state index is 0.0831. The molecule has 1 fully saturated rings. The molecule has 0 aromatic rings. The highest BCUT2D eigenvalue weighted by atomic mass is 16.2. The third-order valence-electron chi connectivity index (χ3n) is 6.03. The van der Waals surface area contributed by atoms with Gasteiger partial charge < -0.3 is 4.90 Å². The van der Waals surface area contributed by atoms with Gasteiger partial charge in [0.2, 0.25) is 5.91 Å². The molecule has 0 aromatic carbocycles. The molecule has 0 aromatic heterocycles. The molecule has 0 N–H and O–H groups in total. The van der Waals surface area contributed by atoms with Crippen molar-refractivity contribution < 1.29 is 4.79 Å². The van der Waals surface area contributed by atoms with Crippen LogP contribution in [-0.4, -0.2) is 53.6 Å². The van der Waals surface area contributed by atoms with E-state index in [1.807, 2.05) is 11.0 Å². The molecule has 1 amide bonds. The van der Waals surface area contributed by atoms with Gasteiger partial charge in [-0.25, -0.2) is 0 Å². The van der Waals surface area contributed by atoms with Crippen molar-refractivity contribution in [3.63, 3.8) is 0 Å². The second-order valence-electron chi connectivity index (χ2n) is 7.37. The third kappa shape index (κ3) is 2.64. The van der Waals surface area contributed by atoms with Crippen molar-refractivity contribution in [2.75, 3.05) is 26.2 Å². The molecule has 1 unspecified atom stereocenters. The summed E-state index contributed by atoms with van der Waals surface area (Å²) in [5.74, 6) is 0.458. The van der Waals surface area contributed by atoms with Crippen molar-refractivity contribution in [3.8, 4) is 0 Å². The van der Waals surface area contributed by atoms with Crippen LogP contribution in [0.4, 0.5) is 0 Å². The van der Waals surface area contributed by atoms with E-state index in [4.69, 9.17) is 0 Å². The number of amides is 1. The van der Waals surface area contributed by atoms with Gasteiger partial charge in [-0.2, -0.15) is 0 Å². The number of allylic oxidation sites excluding steroid dienone is 3. The van der Waals surface area contributed by atoms with Crippen LogP contribution in [0.1, 0.15) is 20.3 Å². The van der Waals surface area contributed by atoms with E-state index in [2.05, 4.69) is 60.8 Å². The summed E-state index contributed by atoms with van der Waals surface area (Å²) in [6, 6.07) is 0.323. The SMILES string of the molecule is C=CCN1C[C@H](C(=O)N(CC)CC)C=C2C3=CC=CC4=NC=C(C[C@H]21)C34. The molecule has 0 radical (unpaired) electrons. The summed E-state index contributed by atoms with van der Waals surface area (Å²) < 4.78 is 0. The fourth-order valence-electron chi connectivity index (χ4n) is 4.77. The maximum absolute atomic E-state index is 13.0. The molecule has 2 heterocycles. The summed E-state index contributed by atoms with van der Waals surface area (Å²) in [6.45, 7) is 11.1. The Bertz CT molecular complexity index is 779. The lowest BCUT2D eigenvalue weighted by Gasteiger charge is -2.45. The van der Waals surface area contributed by atoms with Gasteiger partial charge in [0.05, 0.1) is 11.6 Å². The van der Waals surface area contributed by atoms with Gasteiger partial charge in [0.15, 0.2) is 0 Å². The molecule has 136 valence electrons. The van der Waals surface area contributed by atoms with E-state index in [-0.39, 0.29) is 11.8 Å². The first kappa shape index (κ1) is 17.2. The summed E-state index contributed by atoms with van der Waals surface area (Å²) in [7, 11) is 0. The highest BCUT2D eigenvalue weighted by Crippen LogP contribution is 2.46. The number of fused-ring (bicyclic) bond motifs is 2. The Labute approximate surface area is 156 Å². The van der Waals surface area contributed by atoms with E-state index in [1.54, 1.807) is 0 Å². The zero-order valence-electron chi connectivity index (χ0n) is 15.7. The summed E-state index contributed by atoms with van der Waals surface area (Å²) in [5, 5.41) is 0. The standard InChI is InChI=1S/C22H27N3O/c1-4-10-25-14-16(22(26)24(5-2)6-3)11-18-17-8-7-9-19-21(17)15(13-23-19)12-20(18)25/h4,7-9,11,13,16,20-21H,1,5-6,10,12,14H2,2-3H3/t16-,20-,21?/m1/s1. The van der Waals surface area contributed by atoms with Crippen LogP contribution in [0, 0.1) is 11.8 Å².